The monoisotopic (exact) mass is 273 g/mol. The maximum absolute atomic E-state index is 12.9. The van der Waals surface area contributed by atoms with Gasteiger partial charge in [-0.1, -0.05) is 6.07 Å². The van der Waals surface area contributed by atoms with Gasteiger partial charge in [-0.05, 0) is 12.1 Å². The van der Waals surface area contributed by atoms with Crippen LogP contribution in [0.3, 0.4) is 0 Å². The molecule has 0 amide bonds. The normalized spacial score (nSPS) is 11.8. The summed E-state index contributed by atoms with van der Waals surface area (Å²) >= 11 is 0. The summed E-state index contributed by atoms with van der Waals surface area (Å²) in [5.41, 5.74) is -0.350. The van der Waals surface area contributed by atoms with E-state index in [0.29, 0.717) is 0 Å². The third-order valence-electron chi connectivity index (χ3n) is 2.55. The van der Waals surface area contributed by atoms with Crippen molar-refractivity contribution in [1.82, 2.24) is 9.66 Å². The van der Waals surface area contributed by atoms with Crippen LogP contribution in [0.5, 0.6) is 0 Å². The molecule has 5 nitrogen and oxygen atoms in total. The quantitative estimate of drug-likeness (QED) is 0.908. The van der Waals surface area contributed by atoms with Crippen molar-refractivity contribution in [3.8, 4) is 0 Å². The molecule has 1 heterocycles. The fourth-order valence-corrected chi connectivity index (χ4v) is 1.85. The number of aromatic carboxylic acids is 1. The maximum atomic E-state index is 12.9. The topological polar surface area (TPSA) is 58.4 Å². The van der Waals surface area contributed by atoms with Crippen molar-refractivity contribution in [3.05, 3.63) is 29.6 Å². The Hall–Kier alpha value is -2.25. The molecular formula is C11H10F3N3O2. The molecule has 0 aliphatic carbocycles. The standard InChI is InChI=1S/C11H10F3N3O2/c1-16(2)17-7-5-3-4-6(9(18)19)8(7)15-10(17)11(12,13)14/h3-5H,1-2H3,(H,18,19). The van der Waals surface area contributed by atoms with Crippen LogP contribution in [0.1, 0.15) is 16.2 Å². The predicted molar refractivity (Wildman–Crippen MR) is 61.8 cm³/mol. The van der Waals surface area contributed by atoms with E-state index in [9.17, 15) is 18.0 Å². The maximum Gasteiger partial charge on any atom is 0.451 e. The average molecular weight is 273 g/mol. The van der Waals surface area contributed by atoms with Gasteiger partial charge in [0, 0.05) is 14.1 Å². The molecule has 0 spiro atoms. The number of para-hydroxylation sites is 1. The molecule has 1 N–H and O–H groups in total. The van der Waals surface area contributed by atoms with E-state index in [-0.39, 0.29) is 16.6 Å². The Bertz CT molecular complexity index is 646. The molecule has 19 heavy (non-hydrogen) atoms. The van der Waals surface area contributed by atoms with Crippen LogP contribution in [-0.2, 0) is 6.18 Å². The van der Waals surface area contributed by atoms with Crippen molar-refractivity contribution in [2.75, 3.05) is 19.1 Å². The fraction of sp³-hybridized carbons (Fsp3) is 0.273. The molecule has 8 heteroatoms. The third kappa shape index (κ3) is 2.09. The summed E-state index contributed by atoms with van der Waals surface area (Å²) in [5.74, 6) is -2.47. The summed E-state index contributed by atoms with van der Waals surface area (Å²) in [7, 11) is 2.84. The molecule has 0 saturated heterocycles. The second kappa shape index (κ2) is 4.15. The first-order chi connectivity index (χ1) is 8.73. The van der Waals surface area contributed by atoms with Gasteiger partial charge in [0.25, 0.3) is 0 Å². The molecule has 2 rings (SSSR count). The Morgan fingerprint density at radius 3 is 2.47 bits per heavy atom. The van der Waals surface area contributed by atoms with E-state index in [1.165, 1.54) is 37.3 Å². The van der Waals surface area contributed by atoms with Crippen LogP contribution in [0.2, 0.25) is 0 Å². The number of rotatable bonds is 2. The zero-order chi connectivity index (χ0) is 14.4. The number of nitrogens with zero attached hydrogens (tertiary/aromatic N) is 3. The molecule has 1 aromatic carbocycles. The van der Waals surface area contributed by atoms with E-state index in [1.54, 1.807) is 0 Å². The van der Waals surface area contributed by atoms with Gasteiger partial charge in [0.05, 0.1) is 11.1 Å². The molecular weight excluding hydrogens is 263 g/mol. The van der Waals surface area contributed by atoms with Crippen molar-refractivity contribution in [3.63, 3.8) is 0 Å². The molecule has 0 atom stereocenters. The average Bonchev–Trinajstić information content (AvgIpc) is 2.66. The van der Waals surface area contributed by atoms with Gasteiger partial charge in [-0.25, -0.2) is 14.5 Å². The number of carboxylic acids is 1. The van der Waals surface area contributed by atoms with E-state index in [1.807, 2.05) is 0 Å². The van der Waals surface area contributed by atoms with E-state index >= 15 is 0 Å². The van der Waals surface area contributed by atoms with Gasteiger partial charge in [-0.15, -0.1) is 0 Å². The van der Waals surface area contributed by atoms with Crippen molar-refractivity contribution in [2.45, 2.75) is 6.18 Å². The molecule has 0 bridgehead atoms. The SMILES string of the molecule is CN(C)n1c(C(F)(F)F)nc2c(C(=O)O)cccc21. The fourth-order valence-electron chi connectivity index (χ4n) is 1.85. The Kier molecular flexibility index (Phi) is 2.88. The zero-order valence-electron chi connectivity index (χ0n) is 10.1. The molecule has 0 aliphatic rings. The molecule has 0 radical (unpaired) electrons. The minimum absolute atomic E-state index is 0.0947. The summed E-state index contributed by atoms with van der Waals surface area (Å²) in [6, 6.07) is 4.00. The summed E-state index contributed by atoms with van der Waals surface area (Å²) < 4.78 is 39.6. The van der Waals surface area contributed by atoms with Crippen molar-refractivity contribution < 1.29 is 23.1 Å². The molecule has 102 valence electrons. The van der Waals surface area contributed by atoms with Gasteiger partial charge in [0.2, 0.25) is 5.82 Å². The second-order valence-electron chi connectivity index (χ2n) is 4.07. The highest BCUT2D eigenvalue weighted by atomic mass is 19.4. The Morgan fingerprint density at radius 1 is 1.37 bits per heavy atom. The lowest BCUT2D eigenvalue weighted by Crippen LogP contribution is -2.30. The lowest BCUT2D eigenvalue weighted by Gasteiger charge is -2.19. The van der Waals surface area contributed by atoms with E-state index in [2.05, 4.69) is 4.98 Å². The van der Waals surface area contributed by atoms with Crippen LogP contribution >= 0.6 is 0 Å². The Balaban J connectivity index is 2.88. The van der Waals surface area contributed by atoms with E-state index < -0.39 is 18.0 Å². The van der Waals surface area contributed by atoms with Gasteiger partial charge < -0.3 is 10.1 Å². The molecule has 0 unspecified atom stereocenters. The highest BCUT2D eigenvalue weighted by Crippen LogP contribution is 2.32. The van der Waals surface area contributed by atoms with Gasteiger partial charge in [-0.3, -0.25) is 0 Å². The van der Waals surface area contributed by atoms with E-state index in [0.717, 1.165) is 4.68 Å². The number of hydrogen-bond acceptors (Lipinski definition) is 3. The molecule has 0 aliphatic heterocycles. The van der Waals surface area contributed by atoms with Gasteiger partial charge in [0.15, 0.2) is 0 Å². The molecule has 0 fully saturated rings. The molecule has 0 saturated carbocycles. The number of aromatic nitrogens is 2. The van der Waals surface area contributed by atoms with Crippen LogP contribution in [0.4, 0.5) is 13.2 Å². The lowest BCUT2D eigenvalue weighted by atomic mass is 10.2. The number of carbonyl (C=O) groups is 1. The van der Waals surface area contributed by atoms with Gasteiger partial charge in [-0.2, -0.15) is 13.2 Å². The smallest absolute Gasteiger partial charge is 0.451 e. The van der Waals surface area contributed by atoms with Crippen molar-refractivity contribution in [2.24, 2.45) is 0 Å². The van der Waals surface area contributed by atoms with Crippen molar-refractivity contribution in [1.29, 1.82) is 0 Å². The highest BCUT2D eigenvalue weighted by Gasteiger charge is 2.39. The number of imidazole rings is 1. The van der Waals surface area contributed by atoms with Crippen LogP contribution in [0, 0.1) is 0 Å². The highest BCUT2D eigenvalue weighted by molar-refractivity contribution is 6.01. The predicted octanol–water partition coefficient (Wildman–Crippen LogP) is 1.95. The Morgan fingerprint density at radius 2 is 2.00 bits per heavy atom. The second-order valence-corrected chi connectivity index (χ2v) is 4.07. The molecule has 2 aromatic rings. The van der Waals surface area contributed by atoms with E-state index in [4.69, 9.17) is 5.11 Å². The van der Waals surface area contributed by atoms with Gasteiger partial charge >= 0.3 is 12.1 Å². The number of benzene rings is 1. The van der Waals surface area contributed by atoms with Crippen LogP contribution in [0.15, 0.2) is 18.2 Å². The van der Waals surface area contributed by atoms with Crippen LogP contribution in [0.25, 0.3) is 11.0 Å². The number of alkyl halides is 3. The third-order valence-corrected chi connectivity index (χ3v) is 2.55. The number of halogens is 3. The minimum atomic E-state index is -4.67. The first kappa shape index (κ1) is 13.2. The Labute approximate surface area is 105 Å². The summed E-state index contributed by atoms with van der Waals surface area (Å²) in [4.78, 5) is 14.5. The first-order valence-electron chi connectivity index (χ1n) is 5.23. The zero-order valence-corrected chi connectivity index (χ0v) is 10.1. The minimum Gasteiger partial charge on any atom is -0.478 e. The van der Waals surface area contributed by atoms with Crippen LogP contribution in [-0.4, -0.2) is 34.8 Å². The lowest BCUT2D eigenvalue weighted by molar-refractivity contribution is -0.146. The summed E-state index contributed by atoms with van der Waals surface area (Å²) in [6.07, 6.45) is -4.67. The number of fused-ring (bicyclic) bond motifs is 1. The number of carboxylic acid groups (broad SMARTS) is 1. The molecule has 1 aromatic heterocycles. The summed E-state index contributed by atoms with van der Waals surface area (Å²) in [6.45, 7) is 0. The summed E-state index contributed by atoms with van der Waals surface area (Å²) in [5, 5.41) is 10.2. The largest absolute Gasteiger partial charge is 0.478 e. The van der Waals surface area contributed by atoms with Crippen molar-refractivity contribution >= 4 is 17.0 Å². The van der Waals surface area contributed by atoms with Crippen LogP contribution < -0.4 is 5.01 Å². The number of hydrogen-bond donors (Lipinski definition) is 1. The first-order valence-corrected chi connectivity index (χ1v) is 5.23. The van der Waals surface area contributed by atoms with Gasteiger partial charge in [0.1, 0.15) is 5.52 Å².